The highest BCUT2D eigenvalue weighted by Crippen LogP contribution is 2.55. The third-order valence-electron chi connectivity index (χ3n) is 11.6. The van der Waals surface area contributed by atoms with Crippen LogP contribution in [0.3, 0.4) is 0 Å². The van der Waals surface area contributed by atoms with Gasteiger partial charge in [-0.05, 0) is 25.5 Å². The minimum atomic E-state index is -2.07. The molecule has 328 valence electrons. The van der Waals surface area contributed by atoms with Crippen LogP contribution < -0.4 is 10.1 Å². The molecule has 15 nitrogen and oxygen atoms in total. The third-order valence-corrected chi connectivity index (χ3v) is 11.6. The molecule has 6 rings (SSSR count). The summed E-state index contributed by atoms with van der Waals surface area (Å²) in [7, 11) is 1.43. The predicted molar refractivity (Wildman–Crippen MR) is 228 cm³/mol. The number of methoxy groups -OCH3 is 1. The van der Waals surface area contributed by atoms with Crippen molar-refractivity contribution in [2.75, 3.05) is 19.0 Å². The summed E-state index contributed by atoms with van der Waals surface area (Å²) in [5.41, 5.74) is 0.345. The van der Waals surface area contributed by atoms with Crippen LogP contribution in [0.5, 0.6) is 23.0 Å². The van der Waals surface area contributed by atoms with Crippen LogP contribution >= 0.6 is 0 Å². The van der Waals surface area contributed by atoms with Crippen molar-refractivity contribution in [2.45, 2.75) is 92.0 Å². The lowest BCUT2D eigenvalue weighted by atomic mass is 9.78. The van der Waals surface area contributed by atoms with E-state index in [4.69, 9.17) is 23.8 Å². The normalized spacial score (nSPS) is 29.4. The number of aliphatic hydroxyl groups excluding tert-OH is 2. The Morgan fingerprint density at radius 3 is 2.28 bits per heavy atom. The molecule has 5 bridgehead atoms. The van der Waals surface area contributed by atoms with E-state index in [9.17, 15) is 39.9 Å². The molecule has 3 heterocycles. The van der Waals surface area contributed by atoms with Gasteiger partial charge in [-0.3, -0.25) is 14.4 Å². The van der Waals surface area contributed by atoms with Crippen molar-refractivity contribution in [3.8, 4) is 23.0 Å². The molecule has 0 aliphatic carbocycles. The van der Waals surface area contributed by atoms with Crippen LogP contribution in [-0.2, 0) is 35.1 Å². The van der Waals surface area contributed by atoms with Crippen molar-refractivity contribution < 1.29 is 63.7 Å². The average molecular weight is 845 g/mol. The number of phenolic OH excluding ortho intramolecular Hbond substituents is 3. The Morgan fingerprint density at radius 1 is 0.934 bits per heavy atom. The number of carbonyl (C=O) groups is 3. The maximum absolute atomic E-state index is 14.4. The molecule has 0 aromatic heterocycles. The second-order valence-corrected chi connectivity index (χ2v) is 15.9. The zero-order chi connectivity index (χ0) is 44.9. The lowest BCUT2D eigenvalue weighted by Crippen LogP contribution is -2.46. The predicted octanol–water partition coefficient (Wildman–Crippen LogP) is 6.35. The molecule has 6 N–H and O–H groups in total. The Bertz CT molecular complexity index is 2250. The summed E-state index contributed by atoms with van der Waals surface area (Å²) in [6.07, 6.45) is 5.01. The van der Waals surface area contributed by atoms with Gasteiger partial charge in [-0.1, -0.05) is 81.4 Å². The number of carbonyl (C=O) groups excluding carboxylic acids is 3. The van der Waals surface area contributed by atoms with E-state index in [1.807, 2.05) is 30.3 Å². The van der Waals surface area contributed by atoms with Crippen molar-refractivity contribution in [2.24, 2.45) is 28.8 Å². The number of benzene rings is 3. The number of oxime groups is 1. The van der Waals surface area contributed by atoms with Crippen molar-refractivity contribution >= 4 is 40.3 Å². The van der Waals surface area contributed by atoms with Gasteiger partial charge in [0.1, 0.15) is 30.0 Å². The average Bonchev–Trinajstić information content (AvgIpc) is 3.50. The Labute approximate surface area is 354 Å². The number of hydrogen-bond acceptors (Lipinski definition) is 14. The Kier molecular flexibility index (Phi) is 14.5. The maximum Gasteiger partial charge on any atom is 0.312 e. The number of ether oxygens (including phenoxy) is 4. The summed E-state index contributed by atoms with van der Waals surface area (Å²) < 4.78 is 23.5. The number of esters is 1. The van der Waals surface area contributed by atoms with Crippen molar-refractivity contribution in [3.05, 3.63) is 88.7 Å². The fraction of sp³-hybridized carbons (Fsp3) is 0.435. The number of rotatable bonds is 7. The Morgan fingerprint density at radius 2 is 1.62 bits per heavy atom. The first-order valence-electron chi connectivity index (χ1n) is 20.1. The molecule has 3 aromatic carbocycles. The van der Waals surface area contributed by atoms with Gasteiger partial charge in [-0.15, -0.1) is 0 Å². The zero-order valence-electron chi connectivity index (χ0n) is 35.8. The number of aliphatic hydroxyl groups is 2. The molecule has 3 aliphatic heterocycles. The highest BCUT2D eigenvalue weighted by Gasteiger charge is 2.50. The first-order chi connectivity index (χ1) is 28.8. The molecule has 0 spiro atoms. The summed E-state index contributed by atoms with van der Waals surface area (Å²) in [6.45, 7) is 12.6. The quantitative estimate of drug-likeness (QED) is 0.0382. The first kappa shape index (κ1) is 46.2. The van der Waals surface area contributed by atoms with Gasteiger partial charge in [0.15, 0.2) is 5.75 Å². The summed E-state index contributed by atoms with van der Waals surface area (Å²) in [5.74, 6) is -8.70. The van der Waals surface area contributed by atoms with Crippen LogP contribution in [0, 0.1) is 30.6 Å². The van der Waals surface area contributed by atoms with Gasteiger partial charge in [-0.2, -0.15) is 0 Å². The summed E-state index contributed by atoms with van der Waals surface area (Å²) >= 11 is 0. The molecule has 0 radical (unpaired) electrons. The van der Waals surface area contributed by atoms with Gasteiger partial charge < -0.3 is 54.6 Å². The number of ketones is 1. The molecule has 15 heteroatoms. The van der Waals surface area contributed by atoms with Gasteiger partial charge in [-0.25, -0.2) is 0 Å². The second-order valence-electron chi connectivity index (χ2n) is 15.9. The topological polar surface area (TPSA) is 223 Å². The highest BCUT2D eigenvalue weighted by atomic mass is 16.7. The molecule has 61 heavy (non-hydrogen) atoms. The number of nitrogens with one attached hydrogen (secondary N) is 1. The van der Waals surface area contributed by atoms with Gasteiger partial charge in [0.2, 0.25) is 0 Å². The zero-order valence-corrected chi connectivity index (χ0v) is 35.8. The van der Waals surface area contributed by atoms with E-state index in [1.165, 1.54) is 53.2 Å². The number of fused-ring (bicyclic) bond motifs is 14. The fourth-order valence-corrected chi connectivity index (χ4v) is 7.82. The third kappa shape index (κ3) is 9.54. The number of aromatic hydroxyl groups is 3. The lowest BCUT2D eigenvalue weighted by Gasteiger charge is -2.38. The summed E-state index contributed by atoms with van der Waals surface area (Å²) in [6, 6.07) is 9.50. The van der Waals surface area contributed by atoms with E-state index in [1.54, 1.807) is 39.8 Å². The van der Waals surface area contributed by atoms with Crippen molar-refractivity contribution in [1.29, 1.82) is 0 Å². The molecule has 1 amide bonds. The van der Waals surface area contributed by atoms with Crippen LogP contribution in [-0.4, -0.2) is 93.3 Å². The van der Waals surface area contributed by atoms with Crippen LogP contribution in [0.25, 0.3) is 10.8 Å². The number of allylic oxidation sites excluding steroid dienone is 2. The number of Topliss-reactive ketones (excluding diaryl/α,β-unsaturated/α-hetero) is 1. The van der Waals surface area contributed by atoms with Crippen LogP contribution in [0.4, 0.5) is 5.69 Å². The molecular formula is C46H56N2O13. The van der Waals surface area contributed by atoms with Gasteiger partial charge in [0, 0.05) is 67.6 Å². The van der Waals surface area contributed by atoms with E-state index in [2.05, 4.69) is 10.5 Å². The maximum atomic E-state index is 14.4. The van der Waals surface area contributed by atoms with Gasteiger partial charge in [0.25, 0.3) is 11.7 Å². The van der Waals surface area contributed by atoms with Crippen molar-refractivity contribution in [1.82, 2.24) is 0 Å². The fourth-order valence-electron chi connectivity index (χ4n) is 7.82. The Balaban J connectivity index is 1.67. The number of phenols is 3. The molecule has 0 saturated heterocycles. The molecule has 3 aliphatic rings. The second kappa shape index (κ2) is 19.2. The van der Waals surface area contributed by atoms with Crippen LogP contribution in [0.1, 0.15) is 75.5 Å². The molecule has 0 saturated carbocycles. The number of amides is 1. The van der Waals surface area contributed by atoms with Crippen LogP contribution in [0.2, 0.25) is 0 Å². The standard InChI is InChI=1S/C46H56N2O13/c1-23-14-13-15-24(2)45(56)48-36-31(22-47-59-21-18-30-16-11-10-12-17-30)40(53)33-34(41(36)54)39(52)28(6)43-35(33)44(55)46(8,61-43)58-20-19-32(57-9)25(3)42(60-29(7)49)27(5)38(51)26(4)37(23)50/h10-17,19-20,22-23,25-27,32,37-38,42,50-54H,18,21H2,1-9H3,(H,48,56)/b14-13+,20-19+,24-15+,47-22-. The molecule has 3 aromatic rings. The number of anilines is 1. The molecule has 0 fully saturated rings. The van der Waals surface area contributed by atoms with Gasteiger partial charge in [0.05, 0.1) is 53.0 Å². The van der Waals surface area contributed by atoms with Gasteiger partial charge >= 0.3 is 11.8 Å². The SMILES string of the molecule is COC1/C=C/OC2(C)Oc3c(C)c(O)c4c(O)c(c(/C=N\OCCc5ccccc5)c(O)c4c3C2=O)NC(=O)/C(C)=C/C=C/C(C)C(O)C(C)C(O)C(C)C(OC(C)=O)C1C. The number of hydrogen-bond donors (Lipinski definition) is 6. The van der Waals surface area contributed by atoms with E-state index in [0.717, 1.165) is 11.8 Å². The highest BCUT2D eigenvalue weighted by molar-refractivity contribution is 6.23. The van der Waals surface area contributed by atoms with E-state index in [-0.39, 0.29) is 51.1 Å². The smallest absolute Gasteiger partial charge is 0.312 e. The van der Waals surface area contributed by atoms with Crippen molar-refractivity contribution in [3.63, 3.8) is 0 Å². The monoisotopic (exact) mass is 844 g/mol. The summed E-state index contributed by atoms with van der Waals surface area (Å²) in [4.78, 5) is 46.0. The first-order valence-corrected chi connectivity index (χ1v) is 20.1. The minimum absolute atomic E-state index is 0.0298. The van der Waals surface area contributed by atoms with E-state index < -0.39 is 88.8 Å². The molecule has 9 unspecified atom stereocenters. The van der Waals surface area contributed by atoms with E-state index in [0.29, 0.717) is 6.42 Å². The lowest BCUT2D eigenvalue weighted by molar-refractivity contribution is -0.160. The minimum Gasteiger partial charge on any atom is -0.507 e. The Hall–Kier alpha value is -5.90. The largest absolute Gasteiger partial charge is 0.507 e. The molecular weight excluding hydrogens is 789 g/mol. The molecule has 9 atom stereocenters. The van der Waals surface area contributed by atoms with Crippen LogP contribution in [0.15, 0.2) is 71.6 Å². The number of nitrogens with zero attached hydrogens (tertiary/aromatic N) is 1. The summed E-state index contributed by atoms with van der Waals surface area (Å²) in [5, 5.41) is 64.3. The van der Waals surface area contributed by atoms with E-state index >= 15 is 0 Å².